The molecule has 0 fully saturated rings. The molecular weight excluding hydrogens is 348 g/mol. The van der Waals surface area contributed by atoms with Crippen LogP contribution in [-0.4, -0.2) is 57.6 Å². The van der Waals surface area contributed by atoms with E-state index in [9.17, 15) is 13.2 Å². The minimum absolute atomic E-state index is 0.102. The zero-order valence-electron chi connectivity index (χ0n) is 15.8. The molecule has 0 aliphatic heterocycles. The molecule has 0 unspecified atom stereocenters. The van der Waals surface area contributed by atoms with E-state index in [0.29, 0.717) is 18.7 Å². The molecule has 5 nitrogen and oxygen atoms in total. The molecule has 2 rings (SSSR count). The van der Waals surface area contributed by atoms with E-state index >= 15 is 0 Å². The first-order valence-electron chi connectivity index (χ1n) is 8.47. The molecule has 2 aromatic carbocycles. The summed E-state index contributed by atoms with van der Waals surface area (Å²) < 4.78 is 23.2. The first-order valence-corrected chi connectivity index (χ1v) is 10.4. The standard InChI is InChI=1S/C20H26N2O3S/c1-16-7-5-6-8-18(16)15-22(14-13-21(2)3)20(23)17-9-11-19(12-10-17)26(4,24)25/h5-12H,13-15H2,1-4H3. The van der Waals surface area contributed by atoms with Gasteiger partial charge in [0, 0.05) is 31.5 Å². The molecule has 0 N–H and O–H groups in total. The molecule has 0 saturated carbocycles. The predicted molar refractivity (Wildman–Crippen MR) is 104 cm³/mol. The number of hydrogen-bond acceptors (Lipinski definition) is 4. The molecule has 0 aromatic heterocycles. The fraction of sp³-hybridized carbons (Fsp3) is 0.350. The van der Waals surface area contributed by atoms with E-state index in [0.717, 1.165) is 23.9 Å². The number of carbonyl (C=O) groups is 1. The SMILES string of the molecule is Cc1ccccc1CN(CCN(C)C)C(=O)c1ccc(S(C)(=O)=O)cc1. The second kappa shape index (κ2) is 8.47. The van der Waals surface area contributed by atoms with Gasteiger partial charge in [0.15, 0.2) is 9.84 Å². The van der Waals surface area contributed by atoms with Gasteiger partial charge in [0.25, 0.3) is 5.91 Å². The molecule has 0 bridgehead atoms. The second-order valence-electron chi connectivity index (χ2n) is 6.75. The summed E-state index contributed by atoms with van der Waals surface area (Å²) in [4.78, 5) is 17.0. The molecule has 6 heteroatoms. The van der Waals surface area contributed by atoms with E-state index in [-0.39, 0.29) is 10.8 Å². The molecule has 0 aliphatic carbocycles. The van der Waals surface area contributed by atoms with Gasteiger partial charge in [-0.05, 0) is 56.4 Å². The number of hydrogen-bond donors (Lipinski definition) is 0. The summed E-state index contributed by atoms with van der Waals surface area (Å²) in [6.07, 6.45) is 1.16. The van der Waals surface area contributed by atoms with Gasteiger partial charge in [0.05, 0.1) is 4.90 Å². The molecule has 0 saturated heterocycles. The molecule has 0 radical (unpaired) electrons. The number of carbonyl (C=O) groups excluding carboxylic acids is 1. The van der Waals surface area contributed by atoms with E-state index in [1.54, 1.807) is 17.0 Å². The lowest BCUT2D eigenvalue weighted by atomic mass is 10.1. The molecule has 0 atom stereocenters. The Hall–Kier alpha value is -2.18. The Bertz CT molecular complexity index is 859. The molecule has 2 aromatic rings. The lowest BCUT2D eigenvalue weighted by molar-refractivity contribution is 0.0731. The van der Waals surface area contributed by atoms with Gasteiger partial charge in [0.2, 0.25) is 0 Å². The minimum atomic E-state index is -3.27. The van der Waals surface area contributed by atoms with Crippen molar-refractivity contribution in [2.75, 3.05) is 33.4 Å². The lowest BCUT2D eigenvalue weighted by Gasteiger charge is -2.25. The summed E-state index contributed by atoms with van der Waals surface area (Å²) in [6, 6.07) is 14.1. The maximum Gasteiger partial charge on any atom is 0.254 e. The van der Waals surface area contributed by atoms with Gasteiger partial charge in [0.1, 0.15) is 0 Å². The third-order valence-electron chi connectivity index (χ3n) is 4.26. The van der Waals surface area contributed by atoms with Crippen molar-refractivity contribution in [2.24, 2.45) is 0 Å². The van der Waals surface area contributed by atoms with Crippen LogP contribution in [-0.2, 0) is 16.4 Å². The summed E-state index contributed by atoms with van der Waals surface area (Å²) in [5.41, 5.74) is 2.74. The summed E-state index contributed by atoms with van der Waals surface area (Å²) in [6.45, 7) is 3.89. The Morgan fingerprint density at radius 3 is 2.12 bits per heavy atom. The van der Waals surface area contributed by atoms with Gasteiger partial charge in [-0.15, -0.1) is 0 Å². The number of amides is 1. The molecule has 26 heavy (non-hydrogen) atoms. The Kier molecular flexibility index (Phi) is 6.56. The van der Waals surface area contributed by atoms with Crippen molar-refractivity contribution < 1.29 is 13.2 Å². The van der Waals surface area contributed by atoms with Crippen LogP contribution in [0.3, 0.4) is 0 Å². The maximum atomic E-state index is 13.0. The summed E-state index contributed by atoms with van der Waals surface area (Å²) in [5.74, 6) is -0.102. The summed E-state index contributed by atoms with van der Waals surface area (Å²) in [7, 11) is 0.666. The van der Waals surface area contributed by atoms with Crippen LogP contribution in [0, 0.1) is 6.92 Å². The van der Waals surface area contributed by atoms with Crippen molar-refractivity contribution in [3.63, 3.8) is 0 Å². The third-order valence-corrected chi connectivity index (χ3v) is 5.38. The van der Waals surface area contributed by atoms with Gasteiger partial charge >= 0.3 is 0 Å². The Balaban J connectivity index is 2.26. The number of sulfone groups is 1. The predicted octanol–water partition coefficient (Wildman–Crippen LogP) is 2.60. The van der Waals surface area contributed by atoms with Crippen LogP contribution in [0.2, 0.25) is 0 Å². The lowest BCUT2D eigenvalue weighted by Crippen LogP contribution is -2.36. The molecule has 140 valence electrons. The summed E-state index contributed by atoms with van der Waals surface area (Å²) in [5, 5.41) is 0. The van der Waals surface area contributed by atoms with Gasteiger partial charge in [-0.3, -0.25) is 4.79 Å². The number of likely N-dealkylation sites (N-methyl/N-ethyl adjacent to an activating group) is 1. The smallest absolute Gasteiger partial charge is 0.254 e. The average Bonchev–Trinajstić information content (AvgIpc) is 2.58. The maximum absolute atomic E-state index is 13.0. The first kappa shape index (κ1) is 20.1. The van der Waals surface area contributed by atoms with Crippen LogP contribution in [0.5, 0.6) is 0 Å². The highest BCUT2D eigenvalue weighted by molar-refractivity contribution is 7.90. The van der Waals surface area contributed by atoms with Gasteiger partial charge in [-0.1, -0.05) is 24.3 Å². The largest absolute Gasteiger partial charge is 0.333 e. The molecule has 1 amide bonds. The highest BCUT2D eigenvalue weighted by Gasteiger charge is 2.18. The fourth-order valence-corrected chi connectivity index (χ4v) is 3.22. The molecule has 0 spiro atoms. The zero-order valence-corrected chi connectivity index (χ0v) is 16.6. The highest BCUT2D eigenvalue weighted by Crippen LogP contribution is 2.16. The van der Waals surface area contributed by atoms with E-state index in [1.165, 1.54) is 12.1 Å². The quantitative estimate of drug-likeness (QED) is 0.747. The Labute approximate surface area is 156 Å². The normalized spacial score (nSPS) is 11.6. The van der Waals surface area contributed by atoms with Gasteiger partial charge in [-0.25, -0.2) is 8.42 Å². The number of rotatable bonds is 7. The monoisotopic (exact) mass is 374 g/mol. The van der Waals surface area contributed by atoms with Gasteiger partial charge < -0.3 is 9.80 Å². The Morgan fingerprint density at radius 2 is 1.58 bits per heavy atom. The van der Waals surface area contributed by atoms with Crippen LogP contribution in [0.4, 0.5) is 0 Å². The van der Waals surface area contributed by atoms with E-state index < -0.39 is 9.84 Å². The van der Waals surface area contributed by atoms with Crippen molar-refractivity contribution >= 4 is 15.7 Å². The number of nitrogens with zero attached hydrogens (tertiary/aromatic N) is 2. The average molecular weight is 375 g/mol. The van der Waals surface area contributed by atoms with Crippen LogP contribution in [0.15, 0.2) is 53.4 Å². The van der Waals surface area contributed by atoms with Crippen LogP contribution in [0.25, 0.3) is 0 Å². The van der Waals surface area contributed by atoms with E-state index in [1.807, 2.05) is 50.2 Å². The van der Waals surface area contributed by atoms with Crippen LogP contribution < -0.4 is 0 Å². The fourth-order valence-electron chi connectivity index (χ4n) is 2.59. The molecular formula is C20H26N2O3S. The van der Waals surface area contributed by atoms with E-state index in [2.05, 4.69) is 0 Å². The zero-order chi connectivity index (χ0) is 19.3. The molecule has 0 heterocycles. The van der Waals surface area contributed by atoms with Crippen molar-refractivity contribution in [2.45, 2.75) is 18.4 Å². The minimum Gasteiger partial charge on any atom is -0.333 e. The van der Waals surface area contributed by atoms with Crippen molar-refractivity contribution in [1.82, 2.24) is 9.80 Å². The number of benzene rings is 2. The highest BCUT2D eigenvalue weighted by atomic mass is 32.2. The second-order valence-corrected chi connectivity index (χ2v) is 8.77. The Morgan fingerprint density at radius 1 is 0.962 bits per heavy atom. The van der Waals surface area contributed by atoms with Gasteiger partial charge in [-0.2, -0.15) is 0 Å². The van der Waals surface area contributed by atoms with E-state index in [4.69, 9.17) is 0 Å². The van der Waals surface area contributed by atoms with Crippen LogP contribution >= 0.6 is 0 Å². The third kappa shape index (κ3) is 5.41. The van der Waals surface area contributed by atoms with Crippen molar-refractivity contribution in [3.05, 3.63) is 65.2 Å². The number of aryl methyl sites for hydroxylation is 1. The summed E-state index contributed by atoms with van der Waals surface area (Å²) >= 11 is 0. The van der Waals surface area contributed by atoms with Crippen molar-refractivity contribution in [1.29, 1.82) is 0 Å². The molecule has 0 aliphatic rings. The van der Waals surface area contributed by atoms with Crippen molar-refractivity contribution in [3.8, 4) is 0 Å². The first-order chi connectivity index (χ1) is 12.2. The topological polar surface area (TPSA) is 57.7 Å². The van der Waals surface area contributed by atoms with Crippen LogP contribution in [0.1, 0.15) is 21.5 Å².